The summed E-state index contributed by atoms with van der Waals surface area (Å²) in [5, 5.41) is 7.23. The second-order valence-electron chi connectivity index (χ2n) is 7.88. The third-order valence-corrected chi connectivity index (χ3v) is 5.92. The zero-order valence-electron chi connectivity index (χ0n) is 19.1. The van der Waals surface area contributed by atoms with Crippen LogP contribution in [0.5, 0.6) is 11.6 Å². The summed E-state index contributed by atoms with van der Waals surface area (Å²) < 4.78 is 20.4. The first-order valence-electron chi connectivity index (χ1n) is 11.2. The number of fused-ring (bicyclic) bond motifs is 1. The smallest absolute Gasteiger partial charge is 0.320 e. The summed E-state index contributed by atoms with van der Waals surface area (Å²) in [6, 6.07) is 10.7. The maximum Gasteiger partial charge on any atom is 0.320 e. The van der Waals surface area contributed by atoms with E-state index in [-0.39, 0.29) is 28.8 Å². The van der Waals surface area contributed by atoms with Gasteiger partial charge in [-0.15, -0.1) is 5.10 Å². The molecule has 0 radical (unpaired) electrons. The average molecular weight is 468 g/mol. The molecule has 34 heavy (non-hydrogen) atoms. The Morgan fingerprint density at radius 2 is 1.68 bits per heavy atom. The summed E-state index contributed by atoms with van der Waals surface area (Å²) in [7, 11) is 0. The molecule has 4 rings (SSSR count). The maximum atomic E-state index is 14.6. The predicted molar refractivity (Wildman–Crippen MR) is 125 cm³/mol. The Bertz CT molecular complexity index is 1270. The molecule has 1 saturated heterocycles. The van der Waals surface area contributed by atoms with Crippen LogP contribution in [0.3, 0.4) is 0 Å². The quantitative estimate of drug-likeness (QED) is 0.622. The number of piperazine rings is 1. The molecule has 0 atom stereocenters. The minimum Gasteiger partial charge on any atom is -0.437 e. The molecule has 0 bridgehead atoms. The van der Waals surface area contributed by atoms with Gasteiger partial charge in [0.1, 0.15) is 11.6 Å². The van der Waals surface area contributed by atoms with Gasteiger partial charge in [0, 0.05) is 39.3 Å². The van der Waals surface area contributed by atoms with Gasteiger partial charge in [-0.05, 0) is 44.2 Å². The zero-order valence-corrected chi connectivity index (χ0v) is 19.1. The molecule has 2 aromatic carbocycles. The van der Waals surface area contributed by atoms with Gasteiger partial charge in [0.05, 0.1) is 16.3 Å². The highest BCUT2D eigenvalue weighted by Gasteiger charge is 2.28. The van der Waals surface area contributed by atoms with E-state index in [0.717, 1.165) is 6.07 Å². The highest BCUT2D eigenvalue weighted by molar-refractivity contribution is 5.95. The van der Waals surface area contributed by atoms with Crippen molar-refractivity contribution in [3.63, 3.8) is 0 Å². The third kappa shape index (κ3) is 4.57. The van der Waals surface area contributed by atoms with Crippen molar-refractivity contribution in [2.75, 3.05) is 39.3 Å². The number of carbonyl (C=O) groups is 2. The predicted octanol–water partition coefficient (Wildman–Crippen LogP) is 3.07. The summed E-state index contributed by atoms with van der Waals surface area (Å²) in [5.74, 6) is -0.788. The number of nitrogens with zero attached hydrogens (tertiary/aromatic N) is 4. The lowest BCUT2D eigenvalue weighted by Gasteiger charge is -2.37. The molecule has 10 heteroatoms. The second-order valence-corrected chi connectivity index (χ2v) is 7.88. The Labute approximate surface area is 195 Å². The van der Waals surface area contributed by atoms with Gasteiger partial charge >= 0.3 is 6.03 Å². The first kappa shape index (κ1) is 23.2. The van der Waals surface area contributed by atoms with Crippen molar-refractivity contribution in [3.8, 4) is 11.6 Å². The molecular formula is C24H26FN5O4. The summed E-state index contributed by atoms with van der Waals surface area (Å²) >= 11 is 0. The Hall–Kier alpha value is -3.95. The van der Waals surface area contributed by atoms with Crippen molar-refractivity contribution >= 4 is 22.7 Å². The number of benzene rings is 2. The van der Waals surface area contributed by atoms with Crippen LogP contribution in [-0.4, -0.2) is 76.1 Å². The molecule has 3 amide bonds. The number of halogens is 1. The fraction of sp³-hybridized carbons (Fsp3) is 0.333. The summed E-state index contributed by atoms with van der Waals surface area (Å²) in [6.07, 6.45) is 0. The fourth-order valence-electron chi connectivity index (χ4n) is 3.98. The highest BCUT2D eigenvalue weighted by Crippen LogP contribution is 2.27. The molecule has 1 aliphatic rings. The van der Waals surface area contributed by atoms with Crippen LogP contribution in [0.1, 0.15) is 24.2 Å². The molecule has 3 aromatic rings. The average Bonchev–Trinajstić information content (AvgIpc) is 2.87. The van der Waals surface area contributed by atoms with E-state index < -0.39 is 11.7 Å². The third-order valence-electron chi connectivity index (χ3n) is 5.92. The molecule has 9 nitrogen and oxygen atoms in total. The van der Waals surface area contributed by atoms with E-state index in [0.29, 0.717) is 50.0 Å². The first-order chi connectivity index (χ1) is 16.4. The summed E-state index contributed by atoms with van der Waals surface area (Å²) in [5.41, 5.74) is -0.480. The minimum absolute atomic E-state index is 0.0562. The molecule has 0 spiro atoms. The summed E-state index contributed by atoms with van der Waals surface area (Å²) in [4.78, 5) is 42.5. The number of urea groups is 1. The number of amides is 3. The van der Waals surface area contributed by atoms with E-state index in [4.69, 9.17) is 4.74 Å². The Morgan fingerprint density at radius 1 is 1.03 bits per heavy atom. The Morgan fingerprint density at radius 3 is 2.35 bits per heavy atom. The SMILES string of the molecule is CCN(CC)C(=O)N1CCN(C(=O)c2cc(Oc3n[nH]c(=O)c4ccccc34)ccc2F)CC1. The van der Waals surface area contributed by atoms with Crippen LogP contribution in [0, 0.1) is 5.82 Å². The number of ether oxygens (including phenoxy) is 1. The minimum atomic E-state index is -0.668. The molecule has 0 unspecified atom stereocenters. The van der Waals surface area contributed by atoms with Crippen molar-refractivity contribution in [1.82, 2.24) is 24.9 Å². The van der Waals surface area contributed by atoms with Gasteiger partial charge in [-0.2, -0.15) is 0 Å². The lowest BCUT2D eigenvalue weighted by Crippen LogP contribution is -2.54. The van der Waals surface area contributed by atoms with Crippen molar-refractivity contribution in [1.29, 1.82) is 0 Å². The van der Waals surface area contributed by atoms with Crippen LogP contribution >= 0.6 is 0 Å². The van der Waals surface area contributed by atoms with Crippen LogP contribution in [0.2, 0.25) is 0 Å². The van der Waals surface area contributed by atoms with Gasteiger partial charge in [-0.1, -0.05) is 12.1 Å². The molecule has 0 saturated carbocycles. The molecule has 2 heterocycles. The molecule has 1 aliphatic heterocycles. The first-order valence-corrected chi connectivity index (χ1v) is 11.2. The van der Waals surface area contributed by atoms with Crippen LogP contribution in [-0.2, 0) is 0 Å². The van der Waals surface area contributed by atoms with E-state index in [1.165, 1.54) is 17.0 Å². The molecule has 1 fully saturated rings. The number of aromatic amines is 1. The Balaban J connectivity index is 1.50. The van der Waals surface area contributed by atoms with E-state index >= 15 is 0 Å². The summed E-state index contributed by atoms with van der Waals surface area (Å²) in [6.45, 7) is 6.45. The number of carbonyl (C=O) groups excluding carboxylic acids is 2. The van der Waals surface area contributed by atoms with E-state index in [1.807, 2.05) is 13.8 Å². The standard InChI is InChI=1S/C24H26FN5O4/c1-3-28(4-2)24(33)30-13-11-29(12-14-30)23(32)19-15-16(9-10-20(19)25)34-22-18-8-6-5-7-17(18)21(31)26-27-22/h5-10,15H,3-4,11-14H2,1-2H3,(H,26,31). The van der Waals surface area contributed by atoms with Gasteiger partial charge in [-0.25, -0.2) is 14.3 Å². The number of hydrogen-bond donors (Lipinski definition) is 1. The number of hydrogen-bond acceptors (Lipinski definition) is 5. The zero-order chi connectivity index (χ0) is 24.2. The number of aromatic nitrogens is 2. The number of H-pyrrole nitrogens is 1. The lowest BCUT2D eigenvalue weighted by molar-refractivity contribution is 0.0636. The molecule has 1 aromatic heterocycles. The van der Waals surface area contributed by atoms with Crippen molar-refractivity contribution in [2.24, 2.45) is 0 Å². The fourth-order valence-corrected chi connectivity index (χ4v) is 3.98. The second kappa shape index (κ2) is 9.90. The molecule has 178 valence electrons. The number of nitrogens with one attached hydrogen (secondary N) is 1. The monoisotopic (exact) mass is 467 g/mol. The molecule has 0 aliphatic carbocycles. The maximum absolute atomic E-state index is 14.6. The Kier molecular flexibility index (Phi) is 6.76. The van der Waals surface area contributed by atoms with Crippen LogP contribution in [0.25, 0.3) is 10.8 Å². The van der Waals surface area contributed by atoms with Crippen LogP contribution in [0.15, 0.2) is 47.3 Å². The lowest BCUT2D eigenvalue weighted by atomic mass is 10.1. The topological polar surface area (TPSA) is 98.8 Å². The molecule has 1 N–H and O–H groups in total. The van der Waals surface area contributed by atoms with Crippen molar-refractivity contribution < 1.29 is 18.7 Å². The van der Waals surface area contributed by atoms with Crippen LogP contribution < -0.4 is 10.3 Å². The van der Waals surface area contributed by atoms with Gasteiger partial charge in [0.15, 0.2) is 0 Å². The van der Waals surface area contributed by atoms with Gasteiger partial charge < -0.3 is 19.4 Å². The van der Waals surface area contributed by atoms with Crippen LogP contribution in [0.4, 0.5) is 9.18 Å². The van der Waals surface area contributed by atoms with Crippen molar-refractivity contribution in [3.05, 3.63) is 64.2 Å². The van der Waals surface area contributed by atoms with Gasteiger partial charge in [-0.3, -0.25) is 9.59 Å². The largest absolute Gasteiger partial charge is 0.437 e. The molecular weight excluding hydrogens is 441 g/mol. The van der Waals surface area contributed by atoms with E-state index in [2.05, 4.69) is 10.2 Å². The van der Waals surface area contributed by atoms with E-state index in [1.54, 1.807) is 34.1 Å². The van der Waals surface area contributed by atoms with Gasteiger partial charge in [0.25, 0.3) is 11.5 Å². The number of rotatable bonds is 5. The van der Waals surface area contributed by atoms with Crippen molar-refractivity contribution in [2.45, 2.75) is 13.8 Å². The van der Waals surface area contributed by atoms with Gasteiger partial charge in [0.2, 0.25) is 5.88 Å². The highest BCUT2D eigenvalue weighted by atomic mass is 19.1. The van der Waals surface area contributed by atoms with E-state index in [9.17, 15) is 18.8 Å². The normalized spacial score (nSPS) is 13.7.